The summed E-state index contributed by atoms with van der Waals surface area (Å²) < 4.78 is 26.4. The van der Waals surface area contributed by atoms with Crippen molar-refractivity contribution in [2.24, 2.45) is 11.7 Å². The van der Waals surface area contributed by atoms with E-state index in [4.69, 9.17) is 5.73 Å². The van der Waals surface area contributed by atoms with Crippen LogP contribution in [-0.2, 0) is 14.8 Å². The molecule has 1 saturated heterocycles. The SMILES string of the molecule is CNC(=O)c1ccc(S(=O)(=O)N2CCC[C@H](C(N)=O)C2)cc1. The minimum atomic E-state index is -3.68. The summed E-state index contributed by atoms with van der Waals surface area (Å²) in [6.45, 7) is 0.470. The van der Waals surface area contributed by atoms with Crippen molar-refractivity contribution < 1.29 is 18.0 Å². The van der Waals surface area contributed by atoms with Gasteiger partial charge in [0.25, 0.3) is 5.91 Å². The molecule has 1 heterocycles. The van der Waals surface area contributed by atoms with E-state index in [1.165, 1.54) is 35.6 Å². The summed E-state index contributed by atoms with van der Waals surface area (Å²) in [5.41, 5.74) is 5.66. The molecule has 0 bridgehead atoms. The summed E-state index contributed by atoms with van der Waals surface area (Å²) in [6, 6.07) is 5.71. The number of hydrogen-bond acceptors (Lipinski definition) is 4. The third-order valence-electron chi connectivity index (χ3n) is 3.77. The first-order valence-corrected chi connectivity index (χ1v) is 8.42. The van der Waals surface area contributed by atoms with Gasteiger partial charge >= 0.3 is 0 Å². The van der Waals surface area contributed by atoms with Crippen LogP contribution in [0.2, 0.25) is 0 Å². The zero-order valence-corrected chi connectivity index (χ0v) is 13.1. The fourth-order valence-electron chi connectivity index (χ4n) is 2.46. The Labute approximate surface area is 129 Å². The molecule has 1 aliphatic heterocycles. The minimum absolute atomic E-state index is 0.102. The molecule has 1 aromatic rings. The topological polar surface area (TPSA) is 110 Å². The maximum absolute atomic E-state index is 12.6. The van der Waals surface area contributed by atoms with E-state index < -0.39 is 21.8 Å². The summed E-state index contributed by atoms with van der Waals surface area (Å²) in [5, 5.41) is 2.47. The Kier molecular flexibility index (Phi) is 4.82. The van der Waals surface area contributed by atoms with Gasteiger partial charge in [-0.25, -0.2) is 8.42 Å². The first-order chi connectivity index (χ1) is 10.4. The molecule has 0 spiro atoms. The number of nitrogens with two attached hydrogens (primary N) is 1. The molecule has 1 fully saturated rings. The molecule has 8 heteroatoms. The summed E-state index contributed by atoms with van der Waals surface area (Å²) in [5.74, 6) is -1.21. The van der Waals surface area contributed by atoms with E-state index in [9.17, 15) is 18.0 Å². The lowest BCUT2D eigenvalue weighted by molar-refractivity contribution is -0.122. The van der Waals surface area contributed by atoms with Gasteiger partial charge in [-0.2, -0.15) is 4.31 Å². The molecule has 0 unspecified atom stereocenters. The number of carbonyl (C=O) groups excluding carboxylic acids is 2. The number of sulfonamides is 1. The van der Waals surface area contributed by atoms with E-state index in [1.807, 2.05) is 0 Å². The molecule has 0 aliphatic carbocycles. The third kappa shape index (κ3) is 3.28. The van der Waals surface area contributed by atoms with Gasteiger partial charge in [-0.15, -0.1) is 0 Å². The van der Waals surface area contributed by atoms with Crippen LogP contribution in [-0.4, -0.2) is 44.7 Å². The average Bonchev–Trinajstić information content (AvgIpc) is 2.54. The van der Waals surface area contributed by atoms with Gasteiger partial charge in [0.15, 0.2) is 0 Å². The second-order valence-electron chi connectivity index (χ2n) is 5.21. The number of piperidine rings is 1. The predicted molar refractivity (Wildman–Crippen MR) is 80.5 cm³/mol. The minimum Gasteiger partial charge on any atom is -0.369 e. The van der Waals surface area contributed by atoms with Crippen molar-refractivity contribution in [1.29, 1.82) is 0 Å². The Morgan fingerprint density at radius 2 is 1.91 bits per heavy atom. The Hall–Kier alpha value is -1.93. The first-order valence-electron chi connectivity index (χ1n) is 6.98. The van der Waals surface area contributed by atoms with Crippen LogP contribution in [0.3, 0.4) is 0 Å². The lowest BCUT2D eigenvalue weighted by atomic mass is 9.99. The summed E-state index contributed by atoms with van der Waals surface area (Å²) in [6.07, 6.45) is 1.21. The quantitative estimate of drug-likeness (QED) is 0.807. The molecule has 3 N–H and O–H groups in total. The van der Waals surface area contributed by atoms with Crippen LogP contribution in [0.5, 0.6) is 0 Å². The van der Waals surface area contributed by atoms with E-state index in [-0.39, 0.29) is 17.3 Å². The Bertz CT molecular complexity index is 670. The van der Waals surface area contributed by atoms with Gasteiger partial charge in [-0.1, -0.05) is 0 Å². The van der Waals surface area contributed by atoms with Crippen molar-refractivity contribution >= 4 is 21.8 Å². The average molecular weight is 325 g/mol. The number of nitrogens with zero attached hydrogens (tertiary/aromatic N) is 1. The van der Waals surface area contributed by atoms with Crippen molar-refractivity contribution in [1.82, 2.24) is 9.62 Å². The molecule has 1 aliphatic rings. The van der Waals surface area contributed by atoms with E-state index >= 15 is 0 Å². The number of amides is 2. The highest BCUT2D eigenvalue weighted by molar-refractivity contribution is 7.89. The van der Waals surface area contributed by atoms with Crippen LogP contribution in [0, 0.1) is 5.92 Å². The van der Waals surface area contributed by atoms with Gasteiger partial charge in [-0.3, -0.25) is 9.59 Å². The van der Waals surface area contributed by atoms with E-state index in [0.29, 0.717) is 24.9 Å². The second-order valence-corrected chi connectivity index (χ2v) is 7.15. The van der Waals surface area contributed by atoms with Crippen LogP contribution >= 0.6 is 0 Å². The van der Waals surface area contributed by atoms with Crippen LogP contribution in [0.4, 0.5) is 0 Å². The predicted octanol–water partition coefficient (Wildman–Crippen LogP) is -0.0678. The number of benzene rings is 1. The molecule has 1 atom stereocenters. The second kappa shape index (κ2) is 6.45. The molecule has 2 rings (SSSR count). The summed E-state index contributed by atoms with van der Waals surface area (Å²) in [4.78, 5) is 22.8. The smallest absolute Gasteiger partial charge is 0.251 e. The van der Waals surface area contributed by atoms with Crippen molar-refractivity contribution in [2.75, 3.05) is 20.1 Å². The standard InChI is InChI=1S/C14H19N3O4S/c1-16-14(19)10-4-6-12(7-5-10)22(20,21)17-8-2-3-11(9-17)13(15)18/h4-7,11H,2-3,8-9H2,1H3,(H2,15,18)(H,16,19)/t11-/m0/s1. The number of primary amides is 1. The van der Waals surface area contributed by atoms with Gasteiger partial charge in [0.05, 0.1) is 10.8 Å². The van der Waals surface area contributed by atoms with Crippen LogP contribution in [0.25, 0.3) is 0 Å². The zero-order valence-electron chi connectivity index (χ0n) is 12.3. The van der Waals surface area contributed by atoms with Crippen LogP contribution in [0.1, 0.15) is 23.2 Å². The van der Waals surface area contributed by atoms with Crippen LogP contribution in [0.15, 0.2) is 29.2 Å². The number of nitrogens with one attached hydrogen (secondary N) is 1. The van der Waals surface area contributed by atoms with Gasteiger partial charge in [0.1, 0.15) is 0 Å². The Morgan fingerprint density at radius 3 is 2.45 bits per heavy atom. The maximum Gasteiger partial charge on any atom is 0.251 e. The normalized spacial score (nSPS) is 19.6. The Balaban J connectivity index is 2.22. The summed E-state index contributed by atoms with van der Waals surface area (Å²) >= 11 is 0. The highest BCUT2D eigenvalue weighted by atomic mass is 32.2. The highest BCUT2D eigenvalue weighted by Gasteiger charge is 2.32. The zero-order chi connectivity index (χ0) is 16.3. The molecule has 0 radical (unpaired) electrons. The van der Waals surface area contributed by atoms with E-state index in [1.54, 1.807) is 0 Å². The van der Waals surface area contributed by atoms with E-state index in [2.05, 4.69) is 5.32 Å². The molecule has 0 aromatic heterocycles. The van der Waals surface area contributed by atoms with Crippen molar-refractivity contribution in [3.63, 3.8) is 0 Å². The van der Waals surface area contributed by atoms with Crippen molar-refractivity contribution in [3.8, 4) is 0 Å². The fraction of sp³-hybridized carbons (Fsp3) is 0.429. The largest absolute Gasteiger partial charge is 0.369 e. The lowest BCUT2D eigenvalue weighted by Crippen LogP contribution is -2.44. The maximum atomic E-state index is 12.6. The highest BCUT2D eigenvalue weighted by Crippen LogP contribution is 2.23. The van der Waals surface area contributed by atoms with Crippen molar-refractivity contribution in [2.45, 2.75) is 17.7 Å². The first kappa shape index (κ1) is 16.4. The number of carbonyl (C=O) groups is 2. The molecule has 7 nitrogen and oxygen atoms in total. The third-order valence-corrected chi connectivity index (χ3v) is 5.65. The molecule has 120 valence electrons. The molecular weight excluding hydrogens is 306 g/mol. The lowest BCUT2D eigenvalue weighted by Gasteiger charge is -2.30. The van der Waals surface area contributed by atoms with E-state index in [0.717, 1.165) is 0 Å². The number of hydrogen-bond donors (Lipinski definition) is 2. The summed E-state index contributed by atoms with van der Waals surface area (Å²) in [7, 11) is -2.18. The molecule has 22 heavy (non-hydrogen) atoms. The Morgan fingerprint density at radius 1 is 1.27 bits per heavy atom. The molecule has 2 amide bonds. The molecular formula is C14H19N3O4S. The van der Waals surface area contributed by atoms with Gasteiger partial charge in [0, 0.05) is 25.7 Å². The molecule has 1 aromatic carbocycles. The van der Waals surface area contributed by atoms with Crippen molar-refractivity contribution in [3.05, 3.63) is 29.8 Å². The molecule has 0 saturated carbocycles. The monoisotopic (exact) mass is 325 g/mol. The fourth-order valence-corrected chi connectivity index (χ4v) is 3.99. The van der Waals surface area contributed by atoms with Gasteiger partial charge in [-0.05, 0) is 37.1 Å². The van der Waals surface area contributed by atoms with Gasteiger partial charge in [0.2, 0.25) is 15.9 Å². The number of rotatable bonds is 4. The van der Waals surface area contributed by atoms with Crippen LogP contribution < -0.4 is 11.1 Å². The van der Waals surface area contributed by atoms with Gasteiger partial charge < -0.3 is 11.1 Å².